The first-order valence-corrected chi connectivity index (χ1v) is 0. The van der Waals surface area contributed by atoms with Gasteiger partial charge in [-0.3, -0.25) is 0 Å². The third-order valence-corrected chi connectivity index (χ3v) is 0. The maximum Gasteiger partial charge on any atom is 0 e. The van der Waals surface area contributed by atoms with Gasteiger partial charge in [0.25, 0.3) is 0 Å². The predicted octanol–water partition coefficient (Wildman–Crippen LogP) is -3.50. The summed E-state index contributed by atoms with van der Waals surface area (Å²) >= 11 is 0. The van der Waals surface area contributed by atoms with Crippen LogP contribution in [0.25, 0.3) is 0 Å². The van der Waals surface area contributed by atoms with Gasteiger partial charge in [0.1, 0.15) is 0 Å². The quantitative estimate of drug-likeness (QED) is 0.177. The molecule has 0 fully saturated rings. The van der Waals surface area contributed by atoms with Gasteiger partial charge in [0.15, 0.2) is 0 Å². The van der Waals surface area contributed by atoms with Crippen LogP contribution >= 0.6 is 0 Å². The minimum absolute atomic E-state index is 0. The molecule has 0 saturated heterocycles. The molecule has 0 aromatic carbocycles. The molecule has 0 atom stereocenters. The van der Waals surface area contributed by atoms with E-state index in [0.717, 1.165) is 0 Å². The predicted molar refractivity (Wildman–Crippen MR) is 55.0 cm³/mol. The van der Waals surface area contributed by atoms with Gasteiger partial charge in [-0.15, -0.1) is 0 Å². The van der Waals surface area contributed by atoms with Crippen LogP contribution in [0.4, 0.5) is 0 Å². The van der Waals surface area contributed by atoms with Gasteiger partial charge in [-0.2, -0.15) is 0 Å². The molecule has 0 aliphatic rings. The maximum absolute atomic E-state index is 0. The number of hydrogen-bond donors (Lipinski definition) is 0. The SMILES string of the molecule is [Fe].[Fe].[Fe].[Fe].[SH-].[SH3+].[SH3+].[SH3+].[SH3+]. The van der Waals surface area contributed by atoms with Crippen molar-refractivity contribution in [3.05, 3.63) is 0 Å². The van der Waals surface area contributed by atoms with Gasteiger partial charge in [-0.25, -0.2) is 0 Å². The van der Waals surface area contributed by atoms with Crippen molar-refractivity contribution in [1.82, 2.24) is 0 Å². The van der Waals surface area contributed by atoms with E-state index in [-0.39, 0.29) is 136 Å². The minimum atomic E-state index is 0. The summed E-state index contributed by atoms with van der Waals surface area (Å²) in [5, 5.41) is 0. The minimum Gasteiger partial charge on any atom is -0.813 e. The Morgan fingerprint density at radius 3 is 0.333 bits per heavy atom. The maximum atomic E-state index is 0. The van der Waals surface area contributed by atoms with Crippen LogP contribution in [0.2, 0.25) is 0 Å². The molecule has 0 amide bonds. The van der Waals surface area contributed by atoms with Crippen molar-refractivity contribution >= 4 is 67.5 Å². The van der Waals surface area contributed by atoms with Gasteiger partial charge in [-0.1, -0.05) is 54.0 Å². The Labute approximate surface area is 134 Å². The van der Waals surface area contributed by atoms with E-state index in [4.69, 9.17) is 0 Å². The van der Waals surface area contributed by atoms with Crippen molar-refractivity contribution in [2.45, 2.75) is 0 Å². The van der Waals surface area contributed by atoms with Crippen LogP contribution in [0.5, 0.6) is 0 Å². The molecule has 0 unspecified atom stereocenters. The molecule has 0 heterocycles. The van der Waals surface area contributed by atoms with Crippen LogP contribution in [0.3, 0.4) is 0 Å². The summed E-state index contributed by atoms with van der Waals surface area (Å²) in [5.74, 6) is 0. The summed E-state index contributed by atoms with van der Waals surface area (Å²) in [7, 11) is 0. The monoisotopic (exact) mass is 397 g/mol. The number of rotatable bonds is 0. The van der Waals surface area contributed by atoms with Crippen molar-refractivity contribution < 1.29 is 68.3 Å². The molecule has 0 radical (unpaired) electrons. The van der Waals surface area contributed by atoms with Crippen molar-refractivity contribution in [3.8, 4) is 0 Å². The smallest absolute Gasteiger partial charge is 0 e. The van der Waals surface area contributed by atoms with Crippen LogP contribution in [0.15, 0.2) is 0 Å². The topological polar surface area (TPSA) is 0 Å². The molecule has 9 heteroatoms. The molecule has 9 heavy (non-hydrogen) atoms. The zero-order valence-electron chi connectivity index (χ0n) is 4.17. The molecular formula is H13Fe4S5+3. The van der Waals surface area contributed by atoms with Gasteiger partial charge in [-0.05, 0) is 0 Å². The Morgan fingerprint density at radius 1 is 0.333 bits per heavy atom. The molecular weight excluding hydrogens is 384 g/mol. The van der Waals surface area contributed by atoms with Crippen LogP contribution < -0.4 is 0 Å². The average Bonchev–Trinajstić information content (AvgIpc) is 0. The fourth-order valence-electron chi connectivity index (χ4n) is 0. The molecule has 0 bridgehead atoms. The molecule has 72 valence electrons. The molecule has 0 aromatic heterocycles. The summed E-state index contributed by atoms with van der Waals surface area (Å²) in [6.45, 7) is 0. The first kappa shape index (κ1) is 122. The zero-order valence-corrected chi connectivity index (χ0v) is 14.1. The Bertz CT molecular complexity index is 8.92. The number of thiol groups is 1. The van der Waals surface area contributed by atoms with Crippen LogP contribution in [-0.4, -0.2) is 0 Å². The van der Waals surface area contributed by atoms with Crippen LogP contribution in [0, 0.1) is 0 Å². The fraction of sp³-hybridized carbons (Fsp3) is 0. The van der Waals surface area contributed by atoms with Gasteiger partial charge >= 0.3 is 0 Å². The summed E-state index contributed by atoms with van der Waals surface area (Å²) in [6.07, 6.45) is 0. The van der Waals surface area contributed by atoms with E-state index in [9.17, 15) is 0 Å². The Kier molecular flexibility index (Phi) is 1290. The first-order chi connectivity index (χ1) is 0. The standard InChI is InChI=1S/4Fe.5H2S/h;;;;5*1H2/p+3. The van der Waals surface area contributed by atoms with Crippen LogP contribution in [0.1, 0.15) is 0 Å². The first-order valence-electron chi connectivity index (χ1n) is 0. The summed E-state index contributed by atoms with van der Waals surface area (Å²) in [5.41, 5.74) is 0. The van der Waals surface area contributed by atoms with Crippen molar-refractivity contribution in [2.75, 3.05) is 0 Å². The largest absolute Gasteiger partial charge is 0.813 e. The molecule has 0 nitrogen and oxygen atoms in total. The van der Waals surface area contributed by atoms with E-state index in [1.165, 1.54) is 0 Å². The van der Waals surface area contributed by atoms with E-state index < -0.39 is 0 Å². The molecule has 0 aromatic rings. The fourth-order valence-corrected chi connectivity index (χ4v) is 0. The normalized spacial score (nSPS) is 0. The zero-order chi connectivity index (χ0) is 0. The van der Waals surface area contributed by atoms with E-state index in [1.807, 2.05) is 0 Å². The molecule has 0 spiro atoms. The second kappa shape index (κ2) is 94.6. The van der Waals surface area contributed by atoms with E-state index in [1.54, 1.807) is 0 Å². The van der Waals surface area contributed by atoms with E-state index in [0.29, 0.717) is 0 Å². The summed E-state index contributed by atoms with van der Waals surface area (Å²) in [6, 6.07) is 0. The Morgan fingerprint density at radius 2 is 0.333 bits per heavy atom. The molecule has 0 aliphatic heterocycles. The van der Waals surface area contributed by atoms with E-state index >= 15 is 0 Å². The van der Waals surface area contributed by atoms with Crippen molar-refractivity contribution in [3.63, 3.8) is 0 Å². The second-order valence-corrected chi connectivity index (χ2v) is 0. The van der Waals surface area contributed by atoms with Gasteiger partial charge < -0.3 is 13.5 Å². The molecule has 0 saturated carbocycles. The Hall–Kier alpha value is 3.83. The average molecular weight is 397 g/mol. The third kappa shape index (κ3) is 78.0. The Balaban J connectivity index is 0. The molecule has 0 rings (SSSR count). The van der Waals surface area contributed by atoms with Crippen LogP contribution in [-0.2, 0) is 136 Å². The second-order valence-electron chi connectivity index (χ2n) is 0. The van der Waals surface area contributed by atoms with Gasteiger partial charge in [0, 0.05) is 68.3 Å². The molecule has 0 aliphatic carbocycles. The van der Waals surface area contributed by atoms with E-state index in [2.05, 4.69) is 0 Å². The van der Waals surface area contributed by atoms with Gasteiger partial charge in [0.2, 0.25) is 0 Å². The third-order valence-electron chi connectivity index (χ3n) is 0. The molecule has 0 N–H and O–H groups in total. The number of hydrogen-bond acceptors (Lipinski definition) is 1. The summed E-state index contributed by atoms with van der Waals surface area (Å²) < 4.78 is 0. The van der Waals surface area contributed by atoms with Crippen molar-refractivity contribution in [1.29, 1.82) is 0 Å². The van der Waals surface area contributed by atoms with Gasteiger partial charge in [0.05, 0.1) is 0 Å². The van der Waals surface area contributed by atoms with Crippen molar-refractivity contribution in [2.24, 2.45) is 0 Å². The summed E-state index contributed by atoms with van der Waals surface area (Å²) in [4.78, 5) is 0.